The Morgan fingerprint density at radius 3 is 2.42 bits per heavy atom. The van der Waals surface area contributed by atoms with E-state index in [2.05, 4.69) is 31.1 Å². The first kappa shape index (κ1) is 16.9. The first-order chi connectivity index (χ1) is 9.06. The molecular formula is C15H32N2O2. The van der Waals surface area contributed by atoms with Crippen LogP contribution in [0.5, 0.6) is 0 Å². The van der Waals surface area contributed by atoms with Crippen LogP contribution in [0, 0.1) is 5.41 Å². The van der Waals surface area contributed by atoms with E-state index in [1.54, 1.807) is 14.2 Å². The van der Waals surface area contributed by atoms with E-state index in [-0.39, 0.29) is 0 Å². The van der Waals surface area contributed by atoms with Gasteiger partial charge in [0.1, 0.15) is 0 Å². The van der Waals surface area contributed by atoms with Crippen molar-refractivity contribution in [3.05, 3.63) is 0 Å². The fraction of sp³-hybridized carbons (Fsp3) is 1.00. The summed E-state index contributed by atoms with van der Waals surface area (Å²) in [5.74, 6) is 0. The van der Waals surface area contributed by atoms with E-state index in [1.165, 1.54) is 12.8 Å². The summed E-state index contributed by atoms with van der Waals surface area (Å²) < 4.78 is 10.4. The quantitative estimate of drug-likeness (QED) is 0.648. The second-order valence-corrected chi connectivity index (χ2v) is 6.24. The number of nitrogens with zero attached hydrogens (tertiary/aromatic N) is 1. The number of hydrogen-bond donors (Lipinski definition) is 1. The molecule has 4 nitrogen and oxygen atoms in total. The van der Waals surface area contributed by atoms with Crippen LogP contribution in [0.1, 0.15) is 33.1 Å². The van der Waals surface area contributed by atoms with Gasteiger partial charge < -0.3 is 14.8 Å². The van der Waals surface area contributed by atoms with Gasteiger partial charge in [-0.25, -0.2) is 0 Å². The first-order valence-electron chi connectivity index (χ1n) is 7.46. The average Bonchev–Trinajstić information content (AvgIpc) is 2.68. The largest absolute Gasteiger partial charge is 0.385 e. The van der Waals surface area contributed by atoms with Crippen molar-refractivity contribution in [3.63, 3.8) is 0 Å². The Labute approximate surface area is 118 Å². The molecule has 0 heterocycles. The molecule has 4 heteroatoms. The smallest absolute Gasteiger partial charge is 0.0589 e. The van der Waals surface area contributed by atoms with E-state index < -0.39 is 0 Å². The number of likely N-dealkylation sites (N-methyl/N-ethyl adjacent to an activating group) is 1. The van der Waals surface area contributed by atoms with Gasteiger partial charge in [-0.1, -0.05) is 13.8 Å². The van der Waals surface area contributed by atoms with Gasteiger partial charge in [0, 0.05) is 46.0 Å². The zero-order valence-corrected chi connectivity index (χ0v) is 13.4. The number of ether oxygens (including phenoxy) is 2. The summed E-state index contributed by atoms with van der Waals surface area (Å²) in [5, 5.41) is 3.54. The Balaban J connectivity index is 2.62. The summed E-state index contributed by atoms with van der Waals surface area (Å²) >= 11 is 0. The molecule has 19 heavy (non-hydrogen) atoms. The lowest BCUT2D eigenvalue weighted by Gasteiger charge is -2.37. The van der Waals surface area contributed by atoms with Crippen molar-refractivity contribution in [2.75, 3.05) is 47.6 Å². The highest BCUT2D eigenvalue weighted by Crippen LogP contribution is 2.39. The van der Waals surface area contributed by atoms with Crippen molar-refractivity contribution in [2.24, 2.45) is 5.41 Å². The molecule has 114 valence electrons. The summed E-state index contributed by atoms with van der Waals surface area (Å²) in [4.78, 5) is 2.58. The van der Waals surface area contributed by atoms with E-state index in [0.717, 1.165) is 32.7 Å². The fourth-order valence-corrected chi connectivity index (χ4v) is 3.40. The highest BCUT2D eigenvalue weighted by molar-refractivity contribution is 5.00. The molecule has 1 rings (SSSR count). The molecule has 1 N–H and O–H groups in total. The molecule has 0 aromatic heterocycles. The Kier molecular flexibility index (Phi) is 7.29. The number of methoxy groups -OCH3 is 2. The molecule has 1 aliphatic rings. The van der Waals surface area contributed by atoms with Crippen LogP contribution in [0.3, 0.4) is 0 Å². The molecule has 0 amide bonds. The van der Waals surface area contributed by atoms with Gasteiger partial charge in [0.25, 0.3) is 0 Å². The molecule has 1 aliphatic carbocycles. The second kappa shape index (κ2) is 8.20. The molecule has 0 aromatic rings. The van der Waals surface area contributed by atoms with Gasteiger partial charge >= 0.3 is 0 Å². The molecule has 0 aromatic carbocycles. The molecule has 0 spiro atoms. The summed E-state index contributed by atoms with van der Waals surface area (Å²) in [6.45, 7) is 8.50. The zero-order valence-electron chi connectivity index (χ0n) is 13.4. The van der Waals surface area contributed by atoms with Crippen molar-refractivity contribution >= 4 is 0 Å². The Bertz CT molecular complexity index is 246. The Morgan fingerprint density at radius 2 is 1.84 bits per heavy atom. The molecule has 0 radical (unpaired) electrons. The van der Waals surface area contributed by atoms with Gasteiger partial charge in [-0.05, 0) is 31.7 Å². The minimum Gasteiger partial charge on any atom is -0.385 e. The third-order valence-electron chi connectivity index (χ3n) is 4.47. The van der Waals surface area contributed by atoms with E-state index in [9.17, 15) is 0 Å². The van der Waals surface area contributed by atoms with Crippen molar-refractivity contribution < 1.29 is 9.47 Å². The maximum atomic E-state index is 5.27. The lowest BCUT2D eigenvalue weighted by atomic mass is 9.86. The molecule has 1 fully saturated rings. The van der Waals surface area contributed by atoms with Gasteiger partial charge in [-0.15, -0.1) is 0 Å². The molecule has 0 aliphatic heterocycles. The standard InChI is InChI=1S/C15H32N2O2/c1-15(2)8-7-13(14(15)16-3)17(10-12-19-5)9-6-11-18-4/h13-14,16H,6-12H2,1-5H3. The summed E-state index contributed by atoms with van der Waals surface area (Å²) in [5.41, 5.74) is 0.381. The van der Waals surface area contributed by atoms with Crippen LogP contribution in [0.4, 0.5) is 0 Å². The lowest BCUT2D eigenvalue weighted by Crippen LogP contribution is -2.51. The molecule has 0 saturated heterocycles. The molecule has 2 unspecified atom stereocenters. The minimum absolute atomic E-state index is 0.381. The molecule has 2 atom stereocenters. The van der Waals surface area contributed by atoms with Gasteiger partial charge in [-0.2, -0.15) is 0 Å². The monoisotopic (exact) mass is 272 g/mol. The first-order valence-corrected chi connectivity index (χ1v) is 7.46. The zero-order chi connectivity index (χ0) is 14.3. The minimum atomic E-state index is 0.381. The number of hydrogen-bond acceptors (Lipinski definition) is 4. The Hall–Kier alpha value is -0.160. The van der Waals surface area contributed by atoms with Gasteiger partial charge in [-0.3, -0.25) is 4.90 Å². The summed E-state index contributed by atoms with van der Waals surface area (Å²) in [6, 6.07) is 1.18. The maximum absolute atomic E-state index is 5.27. The number of nitrogens with one attached hydrogen (secondary N) is 1. The summed E-state index contributed by atoms with van der Waals surface area (Å²) in [7, 11) is 5.64. The predicted octanol–water partition coefficient (Wildman–Crippen LogP) is 1.75. The van der Waals surface area contributed by atoms with Gasteiger partial charge in [0.2, 0.25) is 0 Å². The van der Waals surface area contributed by atoms with E-state index in [0.29, 0.717) is 17.5 Å². The van der Waals surface area contributed by atoms with Crippen LogP contribution < -0.4 is 5.32 Å². The van der Waals surface area contributed by atoms with E-state index in [1.807, 2.05) is 0 Å². The topological polar surface area (TPSA) is 33.7 Å². The normalized spacial score (nSPS) is 26.2. The van der Waals surface area contributed by atoms with Crippen LogP contribution in [0.25, 0.3) is 0 Å². The average molecular weight is 272 g/mol. The van der Waals surface area contributed by atoms with Crippen molar-refractivity contribution in [1.29, 1.82) is 0 Å². The van der Waals surface area contributed by atoms with Crippen molar-refractivity contribution in [1.82, 2.24) is 10.2 Å². The van der Waals surface area contributed by atoms with Crippen LogP contribution >= 0.6 is 0 Å². The third-order valence-corrected chi connectivity index (χ3v) is 4.47. The third kappa shape index (κ3) is 4.71. The van der Waals surface area contributed by atoms with E-state index >= 15 is 0 Å². The molecular weight excluding hydrogens is 240 g/mol. The predicted molar refractivity (Wildman–Crippen MR) is 79.6 cm³/mol. The highest BCUT2D eigenvalue weighted by atomic mass is 16.5. The van der Waals surface area contributed by atoms with Crippen LogP contribution in [0.15, 0.2) is 0 Å². The highest BCUT2D eigenvalue weighted by Gasteiger charge is 2.43. The van der Waals surface area contributed by atoms with E-state index in [4.69, 9.17) is 9.47 Å². The molecule has 1 saturated carbocycles. The van der Waals surface area contributed by atoms with Crippen LogP contribution in [-0.4, -0.2) is 64.6 Å². The maximum Gasteiger partial charge on any atom is 0.0589 e. The SMILES string of the molecule is CNC1C(N(CCCOC)CCOC)CCC1(C)C. The van der Waals surface area contributed by atoms with Crippen molar-refractivity contribution in [3.8, 4) is 0 Å². The summed E-state index contributed by atoms with van der Waals surface area (Å²) in [6.07, 6.45) is 3.65. The van der Waals surface area contributed by atoms with Gasteiger partial charge in [0.05, 0.1) is 6.61 Å². The van der Waals surface area contributed by atoms with Crippen LogP contribution in [-0.2, 0) is 9.47 Å². The number of rotatable bonds is 9. The lowest BCUT2D eigenvalue weighted by molar-refractivity contribution is 0.0898. The fourth-order valence-electron chi connectivity index (χ4n) is 3.40. The van der Waals surface area contributed by atoms with Crippen molar-refractivity contribution in [2.45, 2.75) is 45.2 Å². The van der Waals surface area contributed by atoms with Crippen LogP contribution in [0.2, 0.25) is 0 Å². The Morgan fingerprint density at radius 1 is 1.16 bits per heavy atom. The van der Waals surface area contributed by atoms with Gasteiger partial charge in [0.15, 0.2) is 0 Å². The molecule has 0 bridgehead atoms. The second-order valence-electron chi connectivity index (χ2n) is 6.24.